The lowest BCUT2D eigenvalue weighted by Gasteiger charge is -2.14. The molecule has 0 aliphatic carbocycles. The average molecular weight is 386 g/mol. The number of nitrogens with one attached hydrogen (secondary N) is 1. The molecular formula is C17H18F2NO3S2-. The Morgan fingerprint density at radius 2 is 2.00 bits per heavy atom. The summed E-state index contributed by atoms with van der Waals surface area (Å²) in [4.78, 5) is 0.112. The van der Waals surface area contributed by atoms with Crippen LogP contribution in [0.3, 0.4) is 0 Å². The summed E-state index contributed by atoms with van der Waals surface area (Å²) in [5.74, 6) is -1.50. The van der Waals surface area contributed by atoms with E-state index in [1.54, 1.807) is 13.0 Å². The van der Waals surface area contributed by atoms with Crippen LogP contribution in [0.25, 0.3) is 0 Å². The minimum absolute atomic E-state index is 0.0339. The zero-order valence-electron chi connectivity index (χ0n) is 13.7. The number of sulfonamides is 1. The third kappa shape index (κ3) is 6.67. The van der Waals surface area contributed by atoms with E-state index >= 15 is 0 Å². The van der Waals surface area contributed by atoms with Gasteiger partial charge in [0, 0.05) is 11.3 Å². The van der Waals surface area contributed by atoms with Crippen LogP contribution in [-0.2, 0) is 24.6 Å². The fraction of sp³-hybridized carbons (Fsp3) is 0.118. The maximum absolute atomic E-state index is 13.4. The lowest BCUT2D eigenvalue weighted by atomic mass is 10.2. The van der Waals surface area contributed by atoms with Crippen molar-refractivity contribution < 1.29 is 21.4 Å². The van der Waals surface area contributed by atoms with Crippen molar-refractivity contribution in [1.29, 1.82) is 0 Å². The molecule has 0 radical (unpaired) electrons. The summed E-state index contributed by atoms with van der Waals surface area (Å²) in [6.07, 6.45) is 5.53. The molecule has 0 saturated carbocycles. The van der Waals surface area contributed by atoms with Crippen molar-refractivity contribution in [3.8, 4) is 0 Å². The second-order valence-electron chi connectivity index (χ2n) is 4.68. The number of allylic oxidation sites excluding steroid dienone is 6. The van der Waals surface area contributed by atoms with Crippen LogP contribution >= 0.6 is 0 Å². The van der Waals surface area contributed by atoms with Gasteiger partial charge in [0.25, 0.3) is 10.0 Å². The van der Waals surface area contributed by atoms with E-state index < -0.39 is 32.1 Å². The van der Waals surface area contributed by atoms with Crippen LogP contribution in [0, 0.1) is 5.82 Å². The molecule has 8 heteroatoms. The van der Waals surface area contributed by atoms with Crippen molar-refractivity contribution in [3.63, 3.8) is 0 Å². The highest BCUT2D eigenvalue weighted by molar-refractivity contribution is 7.95. The Balaban J connectivity index is 3.22. The van der Waals surface area contributed by atoms with Crippen LogP contribution in [0.2, 0.25) is 0 Å². The van der Waals surface area contributed by atoms with E-state index in [4.69, 9.17) is 0 Å². The molecule has 25 heavy (non-hydrogen) atoms. The first-order valence-corrected chi connectivity index (χ1v) is 9.84. The number of hydrogen-bond donors (Lipinski definition) is 1. The molecule has 0 aliphatic rings. The van der Waals surface area contributed by atoms with Crippen LogP contribution in [0.5, 0.6) is 0 Å². The van der Waals surface area contributed by atoms with Crippen molar-refractivity contribution in [2.75, 3.05) is 4.72 Å². The van der Waals surface area contributed by atoms with Gasteiger partial charge >= 0.3 is 0 Å². The Labute approximate surface area is 148 Å². The molecule has 0 saturated heterocycles. The van der Waals surface area contributed by atoms with Gasteiger partial charge in [-0.3, -0.25) is 4.72 Å². The van der Waals surface area contributed by atoms with Gasteiger partial charge in [-0.2, -0.15) is 5.37 Å². The molecule has 0 bridgehead atoms. The largest absolute Gasteiger partial charge is 0.457 e. The van der Waals surface area contributed by atoms with Crippen LogP contribution in [0.4, 0.5) is 14.5 Å². The molecule has 4 nitrogen and oxygen atoms in total. The highest BCUT2D eigenvalue weighted by Crippen LogP contribution is 2.21. The lowest BCUT2D eigenvalue weighted by Crippen LogP contribution is -2.11. The molecule has 0 heterocycles. The molecule has 1 N–H and O–H groups in total. The maximum Gasteiger partial charge on any atom is 0.254 e. The van der Waals surface area contributed by atoms with Crippen molar-refractivity contribution in [2.24, 2.45) is 0 Å². The molecule has 0 aromatic heterocycles. The maximum atomic E-state index is 13.4. The van der Waals surface area contributed by atoms with Gasteiger partial charge in [-0.15, -0.1) is 0 Å². The zero-order chi connectivity index (χ0) is 19.0. The second-order valence-corrected chi connectivity index (χ2v) is 7.75. The molecule has 0 spiro atoms. The summed E-state index contributed by atoms with van der Waals surface area (Å²) in [6.45, 7) is 6.37. The van der Waals surface area contributed by atoms with Gasteiger partial charge in [-0.05, 0) is 25.1 Å². The van der Waals surface area contributed by atoms with E-state index in [0.29, 0.717) is 0 Å². The number of anilines is 1. The number of benzene rings is 1. The zero-order valence-corrected chi connectivity index (χ0v) is 15.3. The molecule has 0 amide bonds. The van der Waals surface area contributed by atoms with Crippen LogP contribution in [0.15, 0.2) is 70.8 Å². The van der Waals surface area contributed by atoms with Crippen LogP contribution in [0.1, 0.15) is 13.8 Å². The van der Waals surface area contributed by atoms with Crippen LogP contribution < -0.4 is 4.72 Å². The van der Waals surface area contributed by atoms with E-state index in [-0.39, 0.29) is 16.2 Å². The first-order chi connectivity index (χ1) is 11.7. The summed E-state index contributed by atoms with van der Waals surface area (Å²) in [6, 6.07) is 3.23. The Bertz CT molecular complexity index is 923. The minimum atomic E-state index is -4.09. The molecule has 1 rings (SSSR count). The highest BCUT2D eigenvalue weighted by atomic mass is 32.2. The van der Waals surface area contributed by atoms with Crippen molar-refractivity contribution in [2.45, 2.75) is 18.7 Å². The van der Waals surface area contributed by atoms with E-state index in [9.17, 15) is 21.4 Å². The van der Waals surface area contributed by atoms with Gasteiger partial charge in [0.2, 0.25) is 0 Å². The number of hydrogen-bond acceptors (Lipinski definition) is 4. The molecule has 0 atom stereocenters. The fourth-order valence-corrected chi connectivity index (χ4v) is 3.39. The molecule has 0 aliphatic heterocycles. The summed E-state index contributed by atoms with van der Waals surface area (Å²) in [7, 11) is -5.69. The van der Waals surface area contributed by atoms with E-state index in [1.807, 2.05) is 0 Å². The van der Waals surface area contributed by atoms with Gasteiger partial charge in [0.15, 0.2) is 0 Å². The van der Waals surface area contributed by atoms with Crippen LogP contribution in [-0.4, -0.2) is 13.8 Å². The van der Waals surface area contributed by atoms with E-state index in [0.717, 1.165) is 23.6 Å². The molecule has 136 valence electrons. The van der Waals surface area contributed by atoms with Gasteiger partial charge in [-0.1, -0.05) is 42.7 Å². The van der Waals surface area contributed by atoms with Crippen molar-refractivity contribution >= 4 is 31.5 Å². The quantitative estimate of drug-likeness (QED) is 0.434. The SMILES string of the molecule is C=C(F)C(C=CS(=O)(=O)Nc1cc(F)ccc1[S-](=O)=CC)=CC=CC. The summed E-state index contributed by atoms with van der Waals surface area (Å²) in [5.41, 5.74) is -0.187. The minimum Gasteiger partial charge on any atom is -0.457 e. The predicted octanol–water partition coefficient (Wildman–Crippen LogP) is 4.21. The predicted molar refractivity (Wildman–Crippen MR) is 99.3 cm³/mol. The standard InChI is InChI=1S/C17H18F2NO3S2/c1-4-6-7-14(13(3)18)10-11-25(22,23)20-16-12-15(19)8-9-17(16)24(21)5-2/h4-12,20H,3H2,1-2H3/q-1. The Morgan fingerprint density at radius 1 is 1.32 bits per heavy atom. The smallest absolute Gasteiger partial charge is 0.254 e. The molecule has 1 aromatic rings. The number of halogens is 2. The molecule has 1 aromatic carbocycles. The first-order valence-electron chi connectivity index (χ1n) is 7.08. The second kappa shape index (κ2) is 9.33. The Kier molecular flexibility index (Phi) is 7.79. The van der Waals surface area contributed by atoms with Gasteiger partial charge in [0.05, 0.1) is 5.41 Å². The fourth-order valence-electron chi connectivity index (χ4n) is 1.67. The lowest BCUT2D eigenvalue weighted by molar-refractivity contribution is 0.602. The normalized spacial score (nSPS) is 14.3. The molecular weight excluding hydrogens is 368 g/mol. The molecule has 0 unspecified atom stereocenters. The van der Waals surface area contributed by atoms with Gasteiger partial charge < -0.3 is 4.21 Å². The van der Waals surface area contributed by atoms with E-state index in [2.05, 4.69) is 11.3 Å². The molecule has 0 fully saturated rings. The van der Waals surface area contributed by atoms with Gasteiger partial charge in [0.1, 0.15) is 11.6 Å². The topological polar surface area (TPSA) is 63.2 Å². The Morgan fingerprint density at radius 3 is 2.56 bits per heavy atom. The summed E-state index contributed by atoms with van der Waals surface area (Å²) in [5, 5.41) is 2.06. The summed E-state index contributed by atoms with van der Waals surface area (Å²) >= 11 is 0. The van der Waals surface area contributed by atoms with Gasteiger partial charge in [-0.25, -0.2) is 27.6 Å². The third-order valence-corrected chi connectivity index (χ3v) is 5.05. The first kappa shape index (κ1) is 20.9. The van der Waals surface area contributed by atoms with Crippen molar-refractivity contribution in [1.82, 2.24) is 0 Å². The summed E-state index contributed by atoms with van der Waals surface area (Å²) < 4.78 is 65.0. The highest BCUT2D eigenvalue weighted by Gasteiger charge is 2.09. The van der Waals surface area contributed by atoms with Crippen molar-refractivity contribution in [3.05, 3.63) is 71.7 Å². The number of rotatable bonds is 7. The monoisotopic (exact) mass is 386 g/mol. The van der Waals surface area contributed by atoms with E-state index in [1.165, 1.54) is 30.5 Å². The Hall–Kier alpha value is -2.19. The average Bonchev–Trinajstić information content (AvgIpc) is 2.53. The third-order valence-electron chi connectivity index (χ3n) is 2.83.